The number of fused-ring (bicyclic) bond motifs is 2. The highest BCUT2D eigenvalue weighted by molar-refractivity contribution is 6.33. The van der Waals surface area contributed by atoms with E-state index in [1.54, 1.807) is 0 Å². The molecule has 1 amide bonds. The van der Waals surface area contributed by atoms with Crippen LogP contribution in [0.1, 0.15) is 64.0 Å². The predicted octanol–water partition coefficient (Wildman–Crippen LogP) is 5.66. The lowest BCUT2D eigenvalue weighted by molar-refractivity contribution is 0.0180. The minimum absolute atomic E-state index is 0.0301. The van der Waals surface area contributed by atoms with Gasteiger partial charge in [0.25, 0.3) is 0 Å². The van der Waals surface area contributed by atoms with Crippen molar-refractivity contribution >= 4 is 29.2 Å². The third kappa shape index (κ3) is 4.50. The Bertz CT molecular complexity index is 1200. The minimum atomic E-state index is -0.535. The summed E-state index contributed by atoms with van der Waals surface area (Å²) in [5, 5.41) is 13.3. The van der Waals surface area contributed by atoms with Gasteiger partial charge in [0.15, 0.2) is 0 Å². The Morgan fingerprint density at radius 2 is 2.06 bits per heavy atom. The molecular weight excluding hydrogens is 466 g/mol. The second-order valence-electron chi connectivity index (χ2n) is 10.7. The summed E-state index contributed by atoms with van der Waals surface area (Å²) < 4.78 is 12.0. The molecule has 9 heteroatoms. The molecule has 1 aromatic carbocycles. The van der Waals surface area contributed by atoms with Crippen LogP contribution in [0.3, 0.4) is 0 Å². The lowest BCUT2D eigenvalue weighted by Crippen LogP contribution is -2.42. The second kappa shape index (κ2) is 8.56. The highest BCUT2D eigenvalue weighted by Gasteiger charge is 2.51. The van der Waals surface area contributed by atoms with Crippen molar-refractivity contribution in [3.63, 3.8) is 0 Å². The van der Waals surface area contributed by atoms with Gasteiger partial charge in [-0.2, -0.15) is 5.26 Å². The topological polar surface area (TPSA) is 100 Å². The first-order chi connectivity index (χ1) is 16.6. The highest BCUT2D eigenvalue weighted by atomic mass is 35.5. The van der Waals surface area contributed by atoms with E-state index in [4.69, 9.17) is 21.1 Å². The molecule has 3 aliphatic rings. The maximum absolute atomic E-state index is 12.8. The van der Waals surface area contributed by atoms with Crippen LogP contribution in [0.15, 0.2) is 24.5 Å². The summed E-state index contributed by atoms with van der Waals surface area (Å²) in [6, 6.07) is 8.17. The van der Waals surface area contributed by atoms with Gasteiger partial charge in [0.1, 0.15) is 23.9 Å². The van der Waals surface area contributed by atoms with Gasteiger partial charge >= 0.3 is 6.09 Å². The molecule has 0 spiro atoms. The third-order valence-electron chi connectivity index (χ3n) is 7.12. The Kier molecular flexibility index (Phi) is 5.79. The zero-order valence-corrected chi connectivity index (χ0v) is 21.2. The van der Waals surface area contributed by atoms with Gasteiger partial charge in [-0.1, -0.05) is 17.7 Å². The Morgan fingerprint density at radius 3 is 2.71 bits per heavy atom. The van der Waals surface area contributed by atoms with Gasteiger partial charge in [-0.3, -0.25) is 4.90 Å². The van der Waals surface area contributed by atoms with Crippen molar-refractivity contribution in [2.45, 2.75) is 89.0 Å². The van der Waals surface area contributed by atoms with E-state index in [2.05, 4.69) is 21.4 Å². The van der Waals surface area contributed by atoms with Crippen LogP contribution in [-0.2, 0) is 10.2 Å². The summed E-state index contributed by atoms with van der Waals surface area (Å²) in [6.07, 6.45) is 5.37. The SMILES string of the molecule is Cc1c(Nc2ccc(C3(C#N)CC3)cc2Cl)ncnc1OC1CC2CCC1N2C(=O)OC(C)(C)C. The molecule has 1 N–H and O–H groups in total. The van der Waals surface area contributed by atoms with Gasteiger partial charge in [0.05, 0.1) is 33.8 Å². The molecule has 1 saturated carbocycles. The Labute approximate surface area is 210 Å². The van der Waals surface area contributed by atoms with Crippen LogP contribution in [0, 0.1) is 18.3 Å². The second-order valence-corrected chi connectivity index (χ2v) is 11.2. The van der Waals surface area contributed by atoms with E-state index >= 15 is 0 Å². The first-order valence-corrected chi connectivity index (χ1v) is 12.5. The maximum atomic E-state index is 12.8. The minimum Gasteiger partial charge on any atom is -0.472 e. The van der Waals surface area contributed by atoms with E-state index in [1.165, 1.54) is 6.33 Å². The summed E-state index contributed by atoms with van der Waals surface area (Å²) in [4.78, 5) is 23.4. The summed E-state index contributed by atoms with van der Waals surface area (Å²) >= 11 is 6.54. The molecule has 3 heterocycles. The highest BCUT2D eigenvalue weighted by Crippen LogP contribution is 2.48. The van der Waals surface area contributed by atoms with E-state index in [0.29, 0.717) is 22.4 Å². The Hall–Kier alpha value is -3.05. The smallest absolute Gasteiger partial charge is 0.410 e. The van der Waals surface area contributed by atoms with Gasteiger partial charge in [-0.15, -0.1) is 0 Å². The van der Waals surface area contributed by atoms with Crippen molar-refractivity contribution < 1.29 is 14.3 Å². The van der Waals surface area contributed by atoms with Crippen LogP contribution >= 0.6 is 11.6 Å². The quantitative estimate of drug-likeness (QED) is 0.571. The molecule has 5 rings (SSSR count). The number of rotatable bonds is 5. The van der Waals surface area contributed by atoms with Crippen LogP contribution in [-0.4, -0.2) is 44.7 Å². The molecule has 3 atom stereocenters. The van der Waals surface area contributed by atoms with Gasteiger partial charge in [0, 0.05) is 12.5 Å². The Morgan fingerprint density at radius 1 is 1.29 bits per heavy atom. The van der Waals surface area contributed by atoms with E-state index < -0.39 is 5.60 Å². The standard InChI is InChI=1S/C26H30ClN5O3/c1-15-22(31-19-7-5-16(11-18(19)27)26(13-28)9-10-26)29-14-30-23(15)34-21-12-17-6-8-20(21)32(17)24(33)35-25(2,3)4/h5,7,11,14,17,20-21H,6,8-10,12H2,1-4H3,(H,29,30,31). The summed E-state index contributed by atoms with van der Waals surface area (Å²) in [5.41, 5.74) is 1.49. The number of carbonyl (C=O) groups is 1. The van der Waals surface area contributed by atoms with E-state index in [9.17, 15) is 10.1 Å². The number of carbonyl (C=O) groups excluding carboxylic acids is 1. The molecule has 2 saturated heterocycles. The average Bonchev–Trinajstić information content (AvgIpc) is 3.38. The number of benzene rings is 1. The van der Waals surface area contributed by atoms with E-state index in [1.807, 2.05) is 50.8 Å². The number of nitrogens with one attached hydrogen (secondary N) is 1. The van der Waals surface area contributed by atoms with Crippen molar-refractivity contribution in [2.24, 2.45) is 0 Å². The zero-order valence-electron chi connectivity index (χ0n) is 20.5. The molecule has 1 aliphatic carbocycles. The van der Waals surface area contributed by atoms with Gasteiger partial charge < -0.3 is 14.8 Å². The summed E-state index contributed by atoms with van der Waals surface area (Å²) in [6.45, 7) is 7.53. The van der Waals surface area contributed by atoms with E-state index in [0.717, 1.165) is 43.2 Å². The normalized spacial score (nSPS) is 24.1. The lowest BCUT2D eigenvalue weighted by atomic mass is 9.97. The van der Waals surface area contributed by atoms with Crippen LogP contribution in [0.25, 0.3) is 0 Å². The van der Waals surface area contributed by atoms with Crippen molar-refractivity contribution in [3.8, 4) is 11.9 Å². The summed E-state index contributed by atoms with van der Waals surface area (Å²) in [5.74, 6) is 1.08. The number of nitrogens with zero attached hydrogens (tertiary/aromatic N) is 4. The lowest BCUT2D eigenvalue weighted by Gasteiger charge is -2.28. The Balaban J connectivity index is 1.30. The van der Waals surface area contributed by atoms with Gasteiger partial charge in [-0.05, 0) is 71.1 Å². The number of aromatic nitrogens is 2. The molecule has 2 bridgehead atoms. The number of halogens is 1. The first kappa shape index (κ1) is 23.7. The molecular formula is C26H30ClN5O3. The van der Waals surface area contributed by atoms with E-state index in [-0.39, 0.29) is 29.7 Å². The number of ether oxygens (including phenoxy) is 2. The fourth-order valence-corrected chi connectivity index (χ4v) is 5.34. The molecule has 3 unspecified atom stereocenters. The van der Waals surface area contributed by atoms with Crippen molar-refractivity contribution in [3.05, 3.63) is 40.7 Å². The fourth-order valence-electron chi connectivity index (χ4n) is 5.11. The fraction of sp³-hybridized carbons (Fsp3) is 0.538. The largest absolute Gasteiger partial charge is 0.472 e. The van der Waals surface area contributed by atoms with Crippen molar-refractivity contribution in [1.29, 1.82) is 5.26 Å². The number of anilines is 2. The van der Waals surface area contributed by atoms with Crippen LogP contribution in [0.2, 0.25) is 5.02 Å². The van der Waals surface area contributed by atoms with Crippen LogP contribution < -0.4 is 10.1 Å². The number of amides is 1. The molecule has 184 valence electrons. The average molecular weight is 496 g/mol. The predicted molar refractivity (Wildman–Crippen MR) is 132 cm³/mol. The molecule has 2 aliphatic heterocycles. The first-order valence-electron chi connectivity index (χ1n) is 12.1. The van der Waals surface area contributed by atoms with Gasteiger partial charge in [0.2, 0.25) is 5.88 Å². The van der Waals surface area contributed by atoms with Crippen molar-refractivity contribution in [2.75, 3.05) is 5.32 Å². The number of hydrogen-bond acceptors (Lipinski definition) is 7. The molecule has 2 aromatic rings. The van der Waals surface area contributed by atoms with Crippen LogP contribution in [0.4, 0.5) is 16.3 Å². The number of nitriles is 1. The molecule has 1 aromatic heterocycles. The van der Waals surface area contributed by atoms with Crippen LogP contribution in [0.5, 0.6) is 5.88 Å². The molecule has 35 heavy (non-hydrogen) atoms. The van der Waals surface area contributed by atoms with Crippen molar-refractivity contribution in [1.82, 2.24) is 14.9 Å². The zero-order chi connectivity index (χ0) is 25.0. The monoisotopic (exact) mass is 495 g/mol. The maximum Gasteiger partial charge on any atom is 0.410 e. The summed E-state index contributed by atoms with van der Waals surface area (Å²) in [7, 11) is 0. The molecule has 3 fully saturated rings. The molecule has 8 nitrogen and oxygen atoms in total. The number of hydrogen-bond donors (Lipinski definition) is 1. The third-order valence-corrected chi connectivity index (χ3v) is 7.44. The van der Waals surface area contributed by atoms with Gasteiger partial charge in [-0.25, -0.2) is 14.8 Å². The molecule has 0 radical (unpaired) electrons.